The summed E-state index contributed by atoms with van der Waals surface area (Å²) in [5.41, 5.74) is 10.7. The zero-order valence-electron chi connectivity index (χ0n) is 27.7. The van der Waals surface area contributed by atoms with Crippen LogP contribution in [-0.4, -0.2) is 97.5 Å². The fourth-order valence-corrected chi connectivity index (χ4v) is 6.07. The summed E-state index contributed by atoms with van der Waals surface area (Å²) in [7, 11) is -2.86. The van der Waals surface area contributed by atoms with Gasteiger partial charge in [0.2, 0.25) is 12.1 Å². The van der Waals surface area contributed by atoms with Crippen molar-refractivity contribution in [2.45, 2.75) is 51.1 Å². The molecule has 3 heterocycles. The number of hydrogen-bond donors (Lipinski definition) is 5. The van der Waals surface area contributed by atoms with E-state index in [2.05, 4.69) is 10.1 Å². The van der Waals surface area contributed by atoms with Crippen molar-refractivity contribution in [3.05, 3.63) is 47.7 Å². The molecule has 23 heteroatoms. The van der Waals surface area contributed by atoms with Gasteiger partial charge in [-0.2, -0.15) is 26.3 Å². The number of aromatic nitrogens is 3. The molecule has 2 aromatic heterocycles. The number of nitrogens with zero attached hydrogens (tertiary/aromatic N) is 5. The van der Waals surface area contributed by atoms with E-state index in [0.29, 0.717) is 12.3 Å². The number of aliphatic carboxylic acids is 2. The fourth-order valence-electron chi connectivity index (χ4n) is 4.59. The monoisotopic (exact) mass is 778 g/mol. The van der Waals surface area contributed by atoms with E-state index >= 15 is 0 Å². The molecule has 0 unspecified atom stereocenters. The Bertz CT molecular complexity index is 1930. The first-order chi connectivity index (χ1) is 24.1. The minimum atomic E-state index is -5.08. The summed E-state index contributed by atoms with van der Waals surface area (Å²) in [6.45, 7) is 3.42. The number of carboxylic acids is 2. The van der Waals surface area contributed by atoms with Gasteiger partial charge in [-0.1, -0.05) is 17.3 Å². The lowest BCUT2D eigenvalue weighted by atomic mass is 9.86. The van der Waals surface area contributed by atoms with E-state index in [1.165, 1.54) is 19.2 Å². The van der Waals surface area contributed by atoms with Gasteiger partial charge in [0, 0.05) is 11.8 Å². The summed E-state index contributed by atoms with van der Waals surface area (Å²) < 4.78 is 73.8. The van der Waals surface area contributed by atoms with Crippen LogP contribution in [0.1, 0.15) is 32.4 Å². The van der Waals surface area contributed by atoms with E-state index in [4.69, 9.17) is 30.9 Å². The number of halogens is 3. The van der Waals surface area contributed by atoms with E-state index in [1.54, 1.807) is 12.1 Å². The number of thiazole rings is 1. The van der Waals surface area contributed by atoms with Crippen LogP contribution < -0.4 is 20.9 Å². The lowest BCUT2D eigenvalue weighted by Gasteiger charge is -2.41. The Balaban J connectivity index is 0.000000944. The van der Waals surface area contributed by atoms with Crippen molar-refractivity contribution in [1.82, 2.24) is 14.0 Å². The third-order valence-electron chi connectivity index (χ3n) is 7.51. The second-order valence-corrected chi connectivity index (χ2v) is 13.6. The van der Waals surface area contributed by atoms with Crippen molar-refractivity contribution in [1.29, 1.82) is 0 Å². The molecule has 1 aromatic carbocycles. The van der Waals surface area contributed by atoms with Crippen molar-refractivity contribution in [3.8, 4) is 16.9 Å². The molecule has 1 aliphatic heterocycles. The average Bonchev–Trinajstić information content (AvgIpc) is 3.65. The van der Waals surface area contributed by atoms with Crippen LogP contribution in [0.25, 0.3) is 11.1 Å². The molecule has 1 aliphatic rings. The number of hydrogen-bond acceptors (Lipinski definition) is 13. The minimum Gasteiger partial charge on any atom is -0.489 e. The number of oxime groups is 1. The summed E-state index contributed by atoms with van der Waals surface area (Å²) in [5.74, 6) is -6.67. The number of anilines is 1. The molecule has 0 spiro atoms. The zero-order valence-corrected chi connectivity index (χ0v) is 29.3. The van der Waals surface area contributed by atoms with Crippen LogP contribution in [0, 0.1) is 5.92 Å². The van der Waals surface area contributed by atoms with Gasteiger partial charge in [0.1, 0.15) is 18.1 Å². The second-order valence-electron chi connectivity index (χ2n) is 11.4. The molecule has 1 saturated heterocycles. The number of carboxylic acid groups (broad SMARTS) is 2. The van der Waals surface area contributed by atoms with Gasteiger partial charge in [-0.25, -0.2) is 18.9 Å². The van der Waals surface area contributed by atoms with Crippen LogP contribution in [0.4, 0.5) is 18.3 Å². The molecule has 7 N–H and O–H groups in total. The van der Waals surface area contributed by atoms with Gasteiger partial charge in [0.25, 0.3) is 5.60 Å². The summed E-state index contributed by atoms with van der Waals surface area (Å²) in [6, 6.07) is 6.01. The number of ketones is 1. The maximum Gasteiger partial charge on any atom is 0.490 e. The predicted octanol–water partition coefficient (Wildman–Crippen LogP) is 1.25. The Labute approximate surface area is 297 Å². The number of nitrogens with two attached hydrogens (primary N) is 2. The van der Waals surface area contributed by atoms with Gasteiger partial charge in [0.15, 0.2) is 23.7 Å². The maximum atomic E-state index is 13.2. The number of Topliss-reactive ketones (excluding diaryl/α,β-unsaturated/α-hetero) is 1. The van der Waals surface area contributed by atoms with Crippen LogP contribution in [0.15, 0.2) is 47.2 Å². The summed E-state index contributed by atoms with van der Waals surface area (Å²) in [6.07, 6.45) is -0.779. The van der Waals surface area contributed by atoms with Gasteiger partial charge >= 0.3 is 28.4 Å². The van der Waals surface area contributed by atoms with Crippen LogP contribution in [0.5, 0.6) is 5.75 Å². The van der Waals surface area contributed by atoms with Crippen molar-refractivity contribution >= 4 is 56.1 Å². The topological polar surface area (TPSA) is 271 Å². The predicted molar refractivity (Wildman–Crippen MR) is 175 cm³/mol. The molecule has 4 rings (SSSR count). The Morgan fingerprint density at radius 2 is 1.75 bits per heavy atom. The fraction of sp³-hybridized carbons (Fsp3) is 0.414. The van der Waals surface area contributed by atoms with Crippen molar-refractivity contribution in [2.24, 2.45) is 23.9 Å². The van der Waals surface area contributed by atoms with Gasteiger partial charge in [-0.3, -0.25) is 14.1 Å². The highest BCUT2D eigenvalue weighted by molar-refractivity contribution is 7.84. The number of rotatable bonds is 15. The Kier molecular flexibility index (Phi) is 13.1. The average molecular weight is 779 g/mol. The molecule has 52 heavy (non-hydrogen) atoms. The van der Waals surface area contributed by atoms with Crippen LogP contribution >= 0.6 is 11.3 Å². The molecule has 1 amide bonds. The largest absolute Gasteiger partial charge is 0.490 e. The van der Waals surface area contributed by atoms with Crippen molar-refractivity contribution in [2.75, 3.05) is 18.9 Å². The van der Waals surface area contributed by atoms with E-state index in [0.717, 1.165) is 35.4 Å². The van der Waals surface area contributed by atoms with Crippen LogP contribution in [0.3, 0.4) is 0 Å². The first-order valence-corrected chi connectivity index (χ1v) is 17.2. The molecular weight excluding hydrogens is 743 g/mol. The number of amides is 1. The summed E-state index contributed by atoms with van der Waals surface area (Å²) in [4.78, 5) is 56.1. The summed E-state index contributed by atoms with van der Waals surface area (Å²) in [5, 5.41) is 22.4. The van der Waals surface area contributed by atoms with E-state index in [1.807, 2.05) is 40.9 Å². The lowest BCUT2D eigenvalue weighted by molar-refractivity contribution is -0.753. The first-order valence-electron chi connectivity index (χ1n) is 14.9. The molecule has 0 saturated carbocycles. The number of carbonyl (C=O) groups is 4. The Hall–Kier alpha value is -5.13. The van der Waals surface area contributed by atoms with Crippen LogP contribution in [0.2, 0.25) is 0 Å². The molecular formula is C29H35F3N7O11S2+. The summed E-state index contributed by atoms with van der Waals surface area (Å²) >= 11 is 0.987. The number of β-lactam (4-membered cyclic amide) rings is 1. The lowest BCUT2D eigenvalue weighted by Crippen LogP contribution is -2.62. The minimum absolute atomic E-state index is 0.0249. The molecule has 18 nitrogen and oxygen atoms in total. The molecule has 284 valence electrons. The third kappa shape index (κ3) is 10.2. The quantitative estimate of drug-likeness (QED) is 0.0478. The smallest absolute Gasteiger partial charge is 0.489 e. The highest BCUT2D eigenvalue weighted by Crippen LogP contribution is 2.32. The Morgan fingerprint density at radius 3 is 2.23 bits per heavy atom. The first kappa shape index (κ1) is 41.3. The van der Waals surface area contributed by atoms with Crippen molar-refractivity contribution < 1.29 is 69.8 Å². The SMILES string of the molecule is C[C@@H]1[C@H](CC(=O)/C(=N\O[C@@](C)(COc2ccc(-c3cn(CCCN)[n+](C)c3)cc2)C(=O)O)c2csc(N)n2)C(=O)N1S(=O)(=O)O.O=C(O)C(F)(F)F. The third-order valence-corrected chi connectivity index (χ3v) is 9.20. The van der Waals surface area contributed by atoms with E-state index in [9.17, 15) is 45.6 Å². The molecule has 0 radical (unpaired) electrons. The van der Waals surface area contributed by atoms with Crippen LogP contribution in [-0.2, 0) is 47.9 Å². The highest BCUT2D eigenvalue weighted by Gasteiger charge is 2.51. The van der Waals surface area contributed by atoms with E-state index in [-0.39, 0.29) is 15.1 Å². The number of alkyl halides is 3. The molecule has 3 aromatic rings. The Morgan fingerprint density at radius 1 is 1.13 bits per heavy atom. The van der Waals surface area contributed by atoms with Gasteiger partial charge in [-0.05, 0) is 44.5 Å². The molecule has 0 bridgehead atoms. The number of nitrogen functional groups attached to an aromatic ring is 1. The van der Waals surface area contributed by atoms with Gasteiger partial charge < -0.3 is 31.3 Å². The standard InChI is InChI=1S/C27H33N7O9S2.C2HF3O2/c1-16-20(24(36)34(16)45(39,40)41)11-22(35)23(21-14-44-26(29)30-21)31-43-27(2,25(37)38)15-42-19-7-5-17(6-8-19)18-12-32(3)33(13-18)10-4-9-28;3-2(4,5)1(6)7/h5-8,12-14,16,20H,4,9-11,15,28H2,1-3H3,(H3-,29,30,37,38,39,40,41);(H,6,7)/p+1/b31-23-;/t16-,20+,27+;/m1./s1. The van der Waals surface area contributed by atoms with Crippen molar-refractivity contribution in [3.63, 3.8) is 0 Å². The highest BCUT2D eigenvalue weighted by atomic mass is 32.2. The van der Waals surface area contributed by atoms with Gasteiger partial charge in [-0.15, -0.1) is 16.0 Å². The van der Waals surface area contributed by atoms with Gasteiger partial charge in [0.05, 0.1) is 30.3 Å². The maximum absolute atomic E-state index is 13.2. The normalized spacial score (nSPS) is 17.3. The second kappa shape index (κ2) is 16.5. The molecule has 3 atom stereocenters. The van der Waals surface area contributed by atoms with E-state index < -0.39 is 76.4 Å². The zero-order chi connectivity index (χ0) is 39.2. The number of aryl methyl sites for hydroxylation is 2. The molecule has 1 fully saturated rings. The number of ether oxygens (including phenoxy) is 1. The molecule has 0 aliphatic carbocycles. The number of carbonyl (C=O) groups excluding carboxylic acids is 2. The number of benzene rings is 1.